The molecule has 1 aromatic carbocycles. The van der Waals surface area contributed by atoms with Gasteiger partial charge in [-0.3, -0.25) is 18.3 Å². The number of rotatable bonds is 30. The smallest absolute Gasteiger partial charge is 0.362 e. The fraction of sp³-hybridized carbons (Fsp3) is 0.659. The van der Waals surface area contributed by atoms with E-state index in [9.17, 15) is 27.9 Å². The highest BCUT2D eigenvalue weighted by atomic mass is 32.2. The largest absolute Gasteiger partial charge is 0.387 e. The molecule has 25 heteroatoms. The van der Waals surface area contributed by atoms with E-state index in [1.807, 2.05) is 23.4 Å². The number of aliphatic hydroxyl groups excluding tert-OH is 1. The van der Waals surface area contributed by atoms with Crippen molar-refractivity contribution in [1.82, 2.24) is 40.2 Å². The molecule has 0 aliphatic carbocycles. The molecular formula is C41H62N10O13S2. The molecule has 0 radical (unpaired) electrons. The van der Waals surface area contributed by atoms with Crippen LogP contribution in [0.4, 0.5) is 10.6 Å². The Morgan fingerprint density at radius 3 is 2.48 bits per heavy atom. The molecule has 0 spiro atoms. The molecule has 3 aliphatic rings. The van der Waals surface area contributed by atoms with Crippen LogP contribution in [-0.2, 0) is 58.9 Å². The van der Waals surface area contributed by atoms with Crippen molar-refractivity contribution in [3.63, 3.8) is 0 Å². The van der Waals surface area contributed by atoms with Crippen molar-refractivity contribution in [1.29, 1.82) is 0 Å². The Morgan fingerprint density at radius 2 is 1.73 bits per heavy atom. The molecule has 66 heavy (non-hydrogen) atoms. The first-order chi connectivity index (χ1) is 31.9. The van der Waals surface area contributed by atoms with Gasteiger partial charge >= 0.3 is 16.3 Å². The Hall–Kier alpha value is -4.28. The van der Waals surface area contributed by atoms with Crippen molar-refractivity contribution < 1.29 is 60.5 Å². The summed E-state index contributed by atoms with van der Waals surface area (Å²) in [6, 6.07) is 8.04. The van der Waals surface area contributed by atoms with Gasteiger partial charge in [-0.2, -0.15) is 20.2 Å². The number of thioether (sulfide) groups is 1. The number of benzene rings is 1. The van der Waals surface area contributed by atoms with Gasteiger partial charge in [0.1, 0.15) is 30.2 Å². The van der Waals surface area contributed by atoms with Crippen LogP contribution in [0.2, 0.25) is 0 Å². The topological polar surface area (TPSA) is 314 Å². The van der Waals surface area contributed by atoms with E-state index in [0.717, 1.165) is 30.6 Å². The van der Waals surface area contributed by atoms with Crippen molar-refractivity contribution >= 4 is 56.9 Å². The van der Waals surface area contributed by atoms with Gasteiger partial charge in [-0.1, -0.05) is 43.7 Å². The average Bonchev–Trinajstić information content (AvgIpc) is 4.07. The molecule has 366 valence electrons. The summed E-state index contributed by atoms with van der Waals surface area (Å²) in [5, 5.41) is 20.6. The number of aromatic nitrogens is 4. The summed E-state index contributed by atoms with van der Waals surface area (Å²) in [6.45, 7) is 4.65. The molecule has 3 aromatic rings. The molecule has 3 saturated heterocycles. The van der Waals surface area contributed by atoms with Gasteiger partial charge in [-0.15, -0.1) is 0 Å². The quantitative estimate of drug-likeness (QED) is 0.0329. The van der Waals surface area contributed by atoms with E-state index >= 15 is 0 Å². The number of fused-ring (bicyclic) bond motifs is 2. The minimum Gasteiger partial charge on any atom is -0.387 e. The maximum Gasteiger partial charge on any atom is 0.362 e. The van der Waals surface area contributed by atoms with Crippen molar-refractivity contribution in [3.8, 4) is 0 Å². The Kier molecular flexibility index (Phi) is 19.9. The van der Waals surface area contributed by atoms with Crippen LogP contribution < -0.4 is 32.1 Å². The highest BCUT2D eigenvalue weighted by Crippen LogP contribution is 2.35. The number of urea groups is 1. The van der Waals surface area contributed by atoms with E-state index in [2.05, 4.69) is 30.9 Å². The normalized spacial score (nSPS) is 23.6. The Morgan fingerprint density at radius 1 is 1.00 bits per heavy atom. The van der Waals surface area contributed by atoms with Crippen LogP contribution in [-0.4, -0.2) is 171 Å². The number of nitrogens with one attached hydrogen (secondary N) is 4. The Balaban J connectivity index is 0.809. The summed E-state index contributed by atoms with van der Waals surface area (Å²) in [6.07, 6.45) is 1.25. The maximum absolute atomic E-state index is 12.8. The molecule has 5 heterocycles. The van der Waals surface area contributed by atoms with Crippen LogP contribution in [0.1, 0.15) is 44.4 Å². The first kappa shape index (κ1) is 51.1. The second-order valence-corrected chi connectivity index (χ2v) is 18.8. The minimum absolute atomic E-state index is 0.00309. The van der Waals surface area contributed by atoms with Crippen LogP contribution in [0.15, 0.2) is 43.0 Å². The lowest BCUT2D eigenvalue weighted by atomic mass is 10.0. The number of hydrogen-bond acceptors (Lipinski definition) is 19. The zero-order valence-corrected chi connectivity index (χ0v) is 38.5. The maximum atomic E-state index is 12.8. The molecule has 3 aliphatic heterocycles. The third-order valence-corrected chi connectivity index (χ3v) is 13.4. The van der Waals surface area contributed by atoms with E-state index in [-0.39, 0.29) is 48.8 Å². The van der Waals surface area contributed by atoms with E-state index in [4.69, 9.17) is 44.1 Å². The molecule has 0 saturated carbocycles. The van der Waals surface area contributed by atoms with Gasteiger partial charge in [0.15, 0.2) is 17.7 Å². The van der Waals surface area contributed by atoms with Gasteiger partial charge in [-0.05, 0) is 24.8 Å². The molecule has 9 N–H and O–H groups in total. The number of hydrogen-bond donors (Lipinski definition) is 7. The number of carbonyl (C=O) groups excluding carboxylic acids is 3. The number of carbonyl (C=O) groups is 3. The van der Waals surface area contributed by atoms with Crippen LogP contribution in [0.3, 0.4) is 0 Å². The average molecular weight is 967 g/mol. The van der Waals surface area contributed by atoms with Gasteiger partial charge in [-0.25, -0.2) is 24.5 Å². The van der Waals surface area contributed by atoms with Gasteiger partial charge < -0.3 is 60.9 Å². The summed E-state index contributed by atoms with van der Waals surface area (Å²) in [5.74, 6) is -0.0454. The molecule has 4 unspecified atom stereocenters. The Labute approximate surface area is 387 Å². The second-order valence-electron chi connectivity index (χ2n) is 16.2. The predicted octanol–water partition coefficient (Wildman–Crippen LogP) is -0.456. The van der Waals surface area contributed by atoms with Crippen molar-refractivity contribution in [3.05, 3.63) is 48.5 Å². The second kappa shape index (κ2) is 25.7. The summed E-state index contributed by atoms with van der Waals surface area (Å²) in [4.78, 5) is 48.8. The van der Waals surface area contributed by atoms with E-state index < -0.39 is 53.4 Å². The zero-order valence-electron chi connectivity index (χ0n) is 36.9. The van der Waals surface area contributed by atoms with Gasteiger partial charge in [0.25, 0.3) is 5.91 Å². The van der Waals surface area contributed by atoms with Gasteiger partial charge in [0, 0.05) is 29.9 Å². The number of anilines is 1. The van der Waals surface area contributed by atoms with Crippen molar-refractivity contribution in [2.45, 2.75) is 86.9 Å². The monoisotopic (exact) mass is 966 g/mol. The SMILES string of the molecule is CC(COCCOCCOCCOCCNC(=O)CCCCC1SCC2NC(=O)NC21)CO[C@@H]1[C@H](O)[C@@H](COS(=O)(=O)NC(=O)[C@@H](N)Cc2ccccc2)O[C@H]1n1cnc2c(N)ncnc21. The number of nitrogen functional groups attached to an aromatic ring is 1. The lowest BCUT2D eigenvalue weighted by molar-refractivity contribution is -0.122. The fourth-order valence-electron chi connectivity index (χ4n) is 7.55. The number of amides is 4. The third kappa shape index (κ3) is 15.4. The van der Waals surface area contributed by atoms with Crippen molar-refractivity contribution in [2.75, 3.05) is 84.1 Å². The lowest BCUT2D eigenvalue weighted by Gasteiger charge is -2.24. The minimum atomic E-state index is -4.64. The highest BCUT2D eigenvalue weighted by molar-refractivity contribution is 8.00. The first-order valence-corrected chi connectivity index (χ1v) is 24.5. The Bertz CT molecular complexity index is 2110. The van der Waals surface area contributed by atoms with Crippen LogP contribution >= 0.6 is 11.8 Å². The highest BCUT2D eigenvalue weighted by Gasteiger charge is 2.47. The fourth-order valence-corrected chi connectivity index (χ4v) is 9.87. The number of ether oxygens (including phenoxy) is 6. The van der Waals surface area contributed by atoms with Crippen molar-refractivity contribution in [2.24, 2.45) is 11.7 Å². The van der Waals surface area contributed by atoms with Crippen LogP contribution in [0.25, 0.3) is 11.2 Å². The third-order valence-electron chi connectivity index (χ3n) is 11.0. The molecule has 9 atom stereocenters. The summed E-state index contributed by atoms with van der Waals surface area (Å²) in [7, 11) is -4.64. The first-order valence-electron chi connectivity index (χ1n) is 22.0. The number of unbranched alkanes of at least 4 members (excludes halogenated alkanes) is 1. The van der Waals surface area contributed by atoms with E-state index in [0.29, 0.717) is 82.2 Å². The summed E-state index contributed by atoms with van der Waals surface area (Å²) in [5.41, 5.74) is 13.3. The van der Waals surface area contributed by atoms with E-state index in [1.54, 1.807) is 30.3 Å². The molecule has 2 aromatic heterocycles. The molecular weight excluding hydrogens is 905 g/mol. The molecule has 23 nitrogen and oxygen atoms in total. The molecule has 0 bridgehead atoms. The zero-order chi connectivity index (χ0) is 46.9. The number of imidazole rings is 1. The molecule has 4 amide bonds. The van der Waals surface area contributed by atoms with E-state index in [1.165, 1.54) is 17.2 Å². The summed E-state index contributed by atoms with van der Waals surface area (Å²) >= 11 is 1.88. The number of nitrogens with two attached hydrogens (primary N) is 2. The summed E-state index contributed by atoms with van der Waals surface area (Å²) < 4.78 is 68.6. The molecule has 6 rings (SSSR count). The number of aliphatic hydroxyl groups is 1. The molecule has 3 fully saturated rings. The van der Waals surface area contributed by atoms with Gasteiger partial charge in [0.2, 0.25) is 5.91 Å². The lowest BCUT2D eigenvalue weighted by Crippen LogP contribution is -2.46. The standard InChI is InChI=1S/C41H62N10O13S2/c1-26(20-61-18-17-60-16-15-59-14-13-58-12-11-44-32(52)10-6-5-9-31-33-29(23-65-31)48-41(55)49-33)21-62-36-35(53)30(64-40(36)51-25-47-34-37(43)45-24-46-38(34)51)22-63-66(56,57)50-39(54)28(42)19-27-7-3-2-4-8-27/h2-4,7-8,24-26,28-31,33,35-36,40,53H,5-6,9-23,42H2,1H3,(H,44,52)(H,50,54)(H2,43,45,46)(H2,48,49,55)/t26?,28-,29?,30+,31?,33?,35+,36+,40+/m0/s1. The number of nitrogens with zero attached hydrogens (tertiary/aromatic N) is 4. The van der Waals surface area contributed by atoms with Crippen LogP contribution in [0.5, 0.6) is 0 Å². The predicted molar refractivity (Wildman–Crippen MR) is 240 cm³/mol. The van der Waals surface area contributed by atoms with Crippen LogP contribution in [0, 0.1) is 5.92 Å². The van der Waals surface area contributed by atoms with Gasteiger partial charge in [0.05, 0.1) is 90.5 Å².